The third-order valence-corrected chi connectivity index (χ3v) is 6.64. The molecule has 4 heterocycles. The first-order valence-corrected chi connectivity index (χ1v) is 12.4. The van der Waals surface area contributed by atoms with Gasteiger partial charge < -0.3 is 20.3 Å². The van der Waals surface area contributed by atoms with Gasteiger partial charge >= 0.3 is 5.69 Å². The average molecular weight is 494 g/mol. The zero-order chi connectivity index (χ0) is 24.5. The van der Waals surface area contributed by atoms with E-state index in [0.29, 0.717) is 28.3 Å². The molecule has 1 fully saturated rings. The minimum absolute atomic E-state index is 0.0350. The van der Waals surface area contributed by atoms with Crippen LogP contribution in [-0.2, 0) is 7.05 Å². The number of piperazine rings is 1. The number of carbonyl (C=O) groups is 1. The van der Waals surface area contributed by atoms with E-state index in [4.69, 9.17) is 4.74 Å². The molecule has 0 saturated carbocycles. The molecule has 1 aromatic carbocycles. The number of aryl methyl sites for hydroxylation is 1. The zero-order valence-corrected chi connectivity index (χ0v) is 20.6. The normalized spacial score (nSPS) is 14.0. The Balaban J connectivity index is 1.45. The van der Waals surface area contributed by atoms with Gasteiger partial charge in [0, 0.05) is 44.8 Å². The second kappa shape index (κ2) is 9.51. The van der Waals surface area contributed by atoms with Crippen LogP contribution in [0.2, 0.25) is 0 Å². The van der Waals surface area contributed by atoms with Gasteiger partial charge in [0.1, 0.15) is 11.3 Å². The van der Waals surface area contributed by atoms with Crippen molar-refractivity contribution in [3.63, 3.8) is 0 Å². The number of nitrogens with one attached hydrogen (secondary N) is 2. The number of anilines is 2. The van der Waals surface area contributed by atoms with E-state index in [1.165, 1.54) is 15.9 Å². The number of para-hydroxylation sites is 1. The number of carbonyl (C=O) groups excluding carboxylic acids is 1. The van der Waals surface area contributed by atoms with Crippen LogP contribution in [-0.4, -0.2) is 57.3 Å². The highest BCUT2D eigenvalue weighted by Crippen LogP contribution is 2.29. The average Bonchev–Trinajstić information content (AvgIpc) is 3.43. The van der Waals surface area contributed by atoms with E-state index in [1.54, 1.807) is 29.4 Å². The van der Waals surface area contributed by atoms with Gasteiger partial charge in [-0.05, 0) is 32.0 Å². The number of hydrogen-bond donors (Lipinski definition) is 2. The standard InChI is InChI=1S/C24H27N7O3S/c1-15(2)34-19-6-4-5-18-21(19)29(3)24(33)31(18)20-14-35-23(28-20)22(32)27-16-13-26-8-7-17(16)30-11-9-25-10-12-30/h4-8,13-15,25H,9-12H2,1-3H3,(H,27,32). The number of fused-ring (bicyclic) bond motifs is 1. The van der Waals surface area contributed by atoms with E-state index in [-0.39, 0.29) is 22.7 Å². The topological polar surface area (TPSA) is 106 Å². The van der Waals surface area contributed by atoms with Crippen LogP contribution < -0.4 is 26.0 Å². The summed E-state index contributed by atoms with van der Waals surface area (Å²) in [6, 6.07) is 7.44. The van der Waals surface area contributed by atoms with Gasteiger partial charge in [0.05, 0.1) is 29.2 Å². The Bertz CT molecular complexity index is 1430. The van der Waals surface area contributed by atoms with Crippen LogP contribution in [0.25, 0.3) is 16.9 Å². The first-order valence-electron chi connectivity index (χ1n) is 11.5. The number of ether oxygens (including phenoxy) is 1. The van der Waals surface area contributed by atoms with E-state index in [1.807, 2.05) is 38.1 Å². The number of pyridine rings is 1. The van der Waals surface area contributed by atoms with Crippen LogP contribution >= 0.6 is 11.3 Å². The fourth-order valence-electron chi connectivity index (χ4n) is 4.26. The molecule has 3 aromatic heterocycles. The molecule has 0 radical (unpaired) electrons. The Kier molecular flexibility index (Phi) is 6.27. The smallest absolute Gasteiger partial charge is 0.334 e. The first kappa shape index (κ1) is 23.1. The number of benzene rings is 1. The summed E-state index contributed by atoms with van der Waals surface area (Å²) in [4.78, 5) is 37.1. The SMILES string of the molecule is CC(C)Oc1cccc2c1n(C)c(=O)n2-c1csc(C(=O)Nc2cnccc2N2CCNCC2)n1. The van der Waals surface area contributed by atoms with Crippen LogP contribution in [0, 0.1) is 0 Å². The number of hydrogen-bond acceptors (Lipinski definition) is 8. The van der Waals surface area contributed by atoms with Gasteiger partial charge in [-0.25, -0.2) is 14.3 Å². The number of amides is 1. The number of imidazole rings is 1. The minimum atomic E-state index is -0.345. The molecule has 35 heavy (non-hydrogen) atoms. The number of aromatic nitrogens is 4. The molecule has 1 amide bonds. The predicted molar refractivity (Wildman–Crippen MR) is 137 cm³/mol. The second-order valence-corrected chi connectivity index (χ2v) is 9.42. The van der Waals surface area contributed by atoms with Crippen molar-refractivity contribution in [1.29, 1.82) is 0 Å². The molecule has 5 rings (SSSR count). The molecule has 1 aliphatic heterocycles. The van der Waals surface area contributed by atoms with Crippen molar-refractivity contribution in [3.05, 3.63) is 57.5 Å². The molecule has 0 aliphatic carbocycles. The summed E-state index contributed by atoms with van der Waals surface area (Å²) in [6.45, 7) is 7.34. The molecule has 10 nitrogen and oxygen atoms in total. The largest absolute Gasteiger partial charge is 0.489 e. The highest BCUT2D eigenvalue weighted by atomic mass is 32.1. The summed E-state index contributed by atoms with van der Waals surface area (Å²) in [5, 5.41) is 8.25. The van der Waals surface area contributed by atoms with Crippen LogP contribution in [0.1, 0.15) is 23.6 Å². The van der Waals surface area contributed by atoms with Crippen molar-refractivity contribution in [2.45, 2.75) is 20.0 Å². The van der Waals surface area contributed by atoms with Crippen molar-refractivity contribution >= 4 is 39.7 Å². The molecule has 1 saturated heterocycles. The second-order valence-electron chi connectivity index (χ2n) is 8.56. The highest BCUT2D eigenvalue weighted by molar-refractivity contribution is 7.12. The van der Waals surface area contributed by atoms with Crippen molar-refractivity contribution in [1.82, 2.24) is 24.4 Å². The molecule has 2 N–H and O–H groups in total. The van der Waals surface area contributed by atoms with E-state index >= 15 is 0 Å². The van der Waals surface area contributed by atoms with Crippen LogP contribution in [0.15, 0.2) is 46.8 Å². The molecule has 0 unspecified atom stereocenters. The quantitative estimate of drug-likeness (QED) is 0.425. The van der Waals surface area contributed by atoms with E-state index < -0.39 is 0 Å². The summed E-state index contributed by atoms with van der Waals surface area (Å²) in [5.41, 5.74) is 2.65. The first-order chi connectivity index (χ1) is 16.9. The zero-order valence-electron chi connectivity index (χ0n) is 19.8. The van der Waals surface area contributed by atoms with E-state index in [0.717, 1.165) is 31.9 Å². The van der Waals surface area contributed by atoms with Crippen molar-refractivity contribution < 1.29 is 9.53 Å². The van der Waals surface area contributed by atoms with E-state index in [9.17, 15) is 9.59 Å². The van der Waals surface area contributed by atoms with Crippen LogP contribution in [0.3, 0.4) is 0 Å². The maximum absolute atomic E-state index is 13.1. The van der Waals surface area contributed by atoms with Gasteiger partial charge in [-0.3, -0.25) is 14.3 Å². The fraction of sp³-hybridized carbons (Fsp3) is 0.333. The number of nitrogens with zero attached hydrogens (tertiary/aromatic N) is 5. The lowest BCUT2D eigenvalue weighted by Crippen LogP contribution is -2.43. The number of thiazole rings is 1. The van der Waals surface area contributed by atoms with Gasteiger partial charge in [-0.15, -0.1) is 11.3 Å². The van der Waals surface area contributed by atoms with Gasteiger partial charge in [0.25, 0.3) is 5.91 Å². The maximum Gasteiger partial charge on any atom is 0.334 e. The predicted octanol–water partition coefficient (Wildman–Crippen LogP) is 2.63. The third-order valence-electron chi connectivity index (χ3n) is 5.81. The van der Waals surface area contributed by atoms with E-state index in [2.05, 4.69) is 25.5 Å². The molecular formula is C24H27N7O3S. The third kappa shape index (κ3) is 4.40. The van der Waals surface area contributed by atoms with Crippen LogP contribution in [0.5, 0.6) is 5.75 Å². The molecule has 0 spiro atoms. The summed E-state index contributed by atoms with van der Waals surface area (Å²) in [5.74, 6) is 0.676. The summed E-state index contributed by atoms with van der Waals surface area (Å²) in [7, 11) is 1.70. The molecule has 0 atom stereocenters. The molecule has 182 valence electrons. The molecule has 4 aromatic rings. The van der Waals surface area contributed by atoms with Gasteiger partial charge in [-0.2, -0.15) is 0 Å². The fourth-order valence-corrected chi connectivity index (χ4v) is 4.94. The summed E-state index contributed by atoms with van der Waals surface area (Å²) >= 11 is 1.19. The molecule has 1 aliphatic rings. The Hall–Kier alpha value is -3.70. The number of rotatable bonds is 6. The maximum atomic E-state index is 13.1. The Labute approximate surface area is 206 Å². The summed E-state index contributed by atoms with van der Waals surface area (Å²) in [6.07, 6.45) is 3.33. The van der Waals surface area contributed by atoms with Gasteiger partial charge in [0.15, 0.2) is 10.8 Å². The lowest BCUT2D eigenvalue weighted by Gasteiger charge is -2.30. The lowest BCUT2D eigenvalue weighted by molar-refractivity contribution is 0.102. The molecule has 11 heteroatoms. The lowest BCUT2D eigenvalue weighted by atomic mass is 10.2. The molecular weight excluding hydrogens is 466 g/mol. The Morgan fingerprint density at radius 1 is 1.23 bits per heavy atom. The van der Waals surface area contributed by atoms with Crippen molar-refractivity contribution in [2.24, 2.45) is 7.05 Å². The van der Waals surface area contributed by atoms with Crippen molar-refractivity contribution in [2.75, 3.05) is 36.4 Å². The van der Waals surface area contributed by atoms with Crippen molar-refractivity contribution in [3.8, 4) is 11.6 Å². The monoisotopic (exact) mass is 493 g/mol. The highest BCUT2D eigenvalue weighted by Gasteiger charge is 2.21. The molecule has 0 bridgehead atoms. The Morgan fingerprint density at radius 3 is 2.80 bits per heavy atom. The van der Waals surface area contributed by atoms with Gasteiger partial charge in [0.2, 0.25) is 0 Å². The van der Waals surface area contributed by atoms with Crippen LogP contribution in [0.4, 0.5) is 11.4 Å². The minimum Gasteiger partial charge on any atom is -0.489 e. The van der Waals surface area contributed by atoms with Gasteiger partial charge in [-0.1, -0.05) is 6.07 Å². The summed E-state index contributed by atoms with van der Waals surface area (Å²) < 4.78 is 8.96. The Morgan fingerprint density at radius 2 is 2.03 bits per heavy atom.